The predicted octanol–water partition coefficient (Wildman–Crippen LogP) is -0.410. The summed E-state index contributed by atoms with van der Waals surface area (Å²) in [6.45, 7) is 0.986. The van der Waals surface area contributed by atoms with Crippen LogP contribution >= 0.6 is 0 Å². The van der Waals surface area contributed by atoms with Crippen LogP contribution in [-0.4, -0.2) is 33.1 Å². The van der Waals surface area contributed by atoms with Gasteiger partial charge in [-0.25, -0.2) is 0 Å². The van der Waals surface area contributed by atoms with Crippen molar-refractivity contribution in [3.8, 4) is 0 Å². The van der Waals surface area contributed by atoms with Crippen molar-refractivity contribution in [3.63, 3.8) is 0 Å². The lowest BCUT2D eigenvalue weighted by molar-refractivity contribution is 0.133. The first-order valence-corrected chi connectivity index (χ1v) is 4.15. The normalized spacial score (nSPS) is 25.9. The number of nitrogens with one attached hydrogen (secondary N) is 2. The van der Waals surface area contributed by atoms with Crippen molar-refractivity contribution in [1.29, 1.82) is 0 Å². The smallest absolute Gasteiger partial charge is 0.115 e. The summed E-state index contributed by atoms with van der Waals surface area (Å²) in [7, 11) is 0. The van der Waals surface area contributed by atoms with Gasteiger partial charge in [-0.1, -0.05) is 0 Å². The van der Waals surface area contributed by atoms with E-state index in [0.717, 1.165) is 19.4 Å². The Balaban J connectivity index is 2.04. The van der Waals surface area contributed by atoms with Crippen LogP contribution in [0, 0.1) is 0 Å². The fourth-order valence-corrected chi connectivity index (χ4v) is 1.54. The Morgan fingerprint density at radius 2 is 2.58 bits per heavy atom. The van der Waals surface area contributed by atoms with E-state index < -0.39 is 6.10 Å². The van der Waals surface area contributed by atoms with E-state index in [-0.39, 0.29) is 6.04 Å². The Morgan fingerprint density at radius 1 is 1.67 bits per heavy atom. The number of aromatic amines is 1. The second kappa shape index (κ2) is 3.20. The molecule has 2 heterocycles. The minimum Gasteiger partial charge on any atom is -0.385 e. The minimum absolute atomic E-state index is 0.148. The number of aromatic nitrogens is 3. The second-order valence-electron chi connectivity index (χ2n) is 3.04. The third-order valence-corrected chi connectivity index (χ3v) is 2.22. The average Bonchev–Trinajstić information content (AvgIpc) is 2.77. The van der Waals surface area contributed by atoms with Crippen molar-refractivity contribution in [2.75, 3.05) is 6.54 Å². The molecule has 1 aliphatic heterocycles. The summed E-state index contributed by atoms with van der Waals surface area (Å²) in [5.74, 6) is 0. The highest BCUT2D eigenvalue weighted by molar-refractivity contribution is 5.01. The third kappa shape index (κ3) is 1.33. The average molecular weight is 168 g/mol. The Labute approximate surface area is 70.2 Å². The summed E-state index contributed by atoms with van der Waals surface area (Å²) < 4.78 is 0. The van der Waals surface area contributed by atoms with Gasteiger partial charge in [-0.05, 0) is 19.4 Å². The summed E-state index contributed by atoms with van der Waals surface area (Å²) in [4.78, 5) is 0. The molecule has 0 aliphatic carbocycles. The highest BCUT2D eigenvalue weighted by Gasteiger charge is 2.25. The lowest BCUT2D eigenvalue weighted by Crippen LogP contribution is -2.28. The van der Waals surface area contributed by atoms with Crippen LogP contribution in [0.15, 0.2) is 6.20 Å². The molecule has 0 amide bonds. The molecule has 2 unspecified atom stereocenters. The van der Waals surface area contributed by atoms with Crippen LogP contribution in [0.4, 0.5) is 0 Å². The van der Waals surface area contributed by atoms with Gasteiger partial charge in [0.15, 0.2) is 0 Å². The van der Waals surface area contributed by atoms with Gasteiger partial charge >= 0.3 is 0 Å². The van der Waals surface area contributed by atoms with Gasteiger partial charge in [0.25, 0.3) is 0 Å². The lowest BCUT2D eigenvalue weighted by atomic mass is 10.1. The zero-order chi connectivity index (χ0) is 8.39. The molecule has 66 valence electrons. The standard InChI is InChI=1S/C7H12N4O/c12-7(5-2-1-3-8-5)6-4-9-11-10-6/h4-5,7-8,12H,1-3H2,(H,9,10,11). The van der Waals surface area contributed by atoms with E-state index in [9.17, 15) is 5.11 Å². The third-order valence-electron chi connectivity index (χ3n) is 2.22. The van der Waals surface area contributed by atoms with Gasteiger partial charge in [0.1, 0.15) is 11.8 Å². The zero-order valence-electron chi connectivity index (χ0n) is 6.70. The van der Waals surface area contributed by atoms with Crippen LogP contribution in [0.3, 0.4) is 0 Å². The van der Waals surface area contributed by atoms with Crippen molar-refractivity contribution in [2.45, 2.75) is 25.0 Å². The van der Waals surface area contributed by atoms with Crippen LogP contribution in [-0.2, 0) is 0 Å². The van der Waals surface area contributed by atoms with E-state index in [1.807, 2.05) is 0 Å². The van der Waals surface area contributed by atoms with E-state index >= 15 is 0 Å². The number of hydrogen-bond acceptors (Lipinski definition) is 4. The fourth-order valence-electron chi connectivity index (χ4n) is 1.54. The number of hydrogen-bond donors (Lipinski definition) is 3. The molecule has 1 saturated heterocycles. The number of rotatable bonds is 2. The molecule has 0 aromatic carbocycles. The molecule has 1 aliphatic rings. The van der Waals surface area contributed by atoms with E-state index in [1.165, 1.54) is 0 Å². The molecule has 3 N–H and O–H groups in total. The van der Waals surface area contributed by atoms with Crippen LogP contribution in [0.2, 0.25) is 0 Å². The topological polar surface area (TPSA) is 73.8 Å². The maximum atomic E-state index is 9.72. The van der Waals surface area contributed by atoms with Crippen molar-refractivity contribution in [1.82, 2.24) is 20.7 Å². The Morgan fingerprint density at radius 3 is 3.17 bits per heavy atom. The van der Waals surface area contributed by atoms with Gasteiger partial charge < -0.3 is 10.4 Å². The first-order valence-electron chi connectivity index (χ1n) is 4.15. The summed E-state index contributed by atoms with van der Waals surface area (Å²) in [6, 6.07) is 0.148. The van der Waals surface area contributed by atoms with E-state index in [4.69, 9.17) is 0 Å². The van der Waals surface area contributed by atoms with Gasteiger partial charge in [0.2, 0.25) is 0 Å². The molecule has 1 aromatic heterocycles. The first kappa shape index (κ1) is 7.70. The van der Waals surface area contributed by atoms with E-state index in [1.54, 1.807) is 6.20 Å². The Hall–Kier alpha value is -0.940. The molecule has 5 heteroatoms. The number of H-pyrrole nitrogens is 1. The van der Waals surface area contributed by atoms with Crippen LogP contribution in [0.5, 0.6) is 0 Å². The summed E-state index contributed by atoms with van der Waals surface area (Å²) >= 11 is 0. The zero-order valence-corrected chi connectivity index (χ0v) is 6.70. The summed E-state index contributed by atoms with van der Waals surface area (Å²) in [5.41, 5.74) is 0.620. The van der Waals surface area contributed by atoms with Gasteiger partial charge in [0, 0.05) is 6.04 Å². The van der Waals surface area contributed by atoms with Gasteiger partial charge in [-0.3, -0.25) is 0 Å². The SMILES string of the molecule is OC(c1cn[nH]n1)C1CCCN1. The number of aliphatic hydroxyl groups excluding tert-OH is 1. The molecule has 12 heavy (non-hydrogen) atoms. The molecular formula is C7H12N4O. The molecular weight excluding hydrogens is 156 g/mol. The molecule has 2 atom stereocenters. The number of nitrogens with zero attached hydrogens (tertiary/aromatic N) is 2. The van der Waals surface area contributed by atoms with E-state index in [2.05, 4.69) is 20.7 Å². The summed E-state index contributed by atoms with van der Waals surface area (Å²) in [6.07, 6.45) is 3.17. The Bertz CT molecular complexity index is 230. The minimum atomic E-state index is -0.522. The lowest BCUT2D eigenvalue weighted by Gasteiger charge is -2.14. The van der Waals surface area contributed by atoms with Crippen molar-refractivity contribution in [2.24, 2.45) is 0 Å². The van der Waals surface area contributed by atoms with Gasteiger partial charge in [0.05, 0.1) is 6.20 Å². The van der Waals surface area contributed by atoms with E-state index in [0.29, 0.717) is 5.69 Å². The number of aliphatic hydroxyl groups is 1. The molecule has 0 bridgehead atoms. The first-order chi connectivity index (χ1) is 5.88. The predicted molar refractivity (Wildman–Crippen MR) is 42.4 cm³/mol. The van der Waals surface area contributed by atoms with Crippen molar-refractivity contribution in [3.05, 3.63) is 11.9 Å². The van der Waals surface area contributed by atoms with Crippen LogP contribution in [0.25, 0.3) is 0 Å². The van der Waals surface area contributed by atoms with Gasteiger partial charge in [-0.2, -0.15) is 15.4 Å². The van der Waals surface area contributed by atoms with Crippen molar-refractivity contribution >= 4 is 0 Å². The molecule has 0 spiro atoms. The largest absolute Gasteiger partial charge is 0.385 e. The van der Waals surface area contributed by atoms with Gasteiger partial charge in [-0.15, -0.1) is 0 Å². The second-order valence-corrected chi connectivity index (χ2v) is 3.04. The maximum Gasteiger partial charge on any atom is 0.115 e. The quantitative estimate of drug-likeness (QED) is 0.561. The van der Waals surface area contributed by atoms with Crippen molar-refractivity contribution < 1.29 is 5.11 Å². The molecule has 0 saturated carbocycles. The summed E-state index contributed by atoms with van der Waals surface area (Å²) in [5, 5.41) is 22.9. The van der Waals surface area contributed by atoms with Crippen LogP contribution in [0.1, 0.15) is 24.6 Å². The Kier molecular flexibility index (Phi) is 2.05. The fraction of sp³-hybridized carbons (Fsp3) is 0.714. The highest BCUT2D eigenvalue weighted by Crippen LogP contribution is 2.19. The molecule has 1 fully saturated rings. The highest BCUT2D eigenvalue weighted by atomic mass is 16.3. The maximum absolute atomic E-state index is 9.72. The molecule has 2 rings (SSSR count). The van der Waals surface area contributed by atoms with Crippen LogP contribution < -0.4 is 5.32 Å². The molecule has 1 aromatic rings. The molecule has 0 radical (unpaired) electrons. The molecule has 5 nitrogen and oxygen atoms in total. The monoisotopic (exact) mass is 168 g/mol.